The van der Waals surface area contributed by atoms with Crippen molar-refractivity contribution in [1.82, 2.24) is 5.43 Å². The number of amides is 1. The summed E-state index contributed by atoms with van der Waals surface area (Å²) in [5.41, 5.74) is 3.41. The first kappa shape index (κ1) is 17.8. The lowest BCUT2D eigenvalue weighted by Gasteiger charge is -2.13. The molecule has 3 rings (SSSR count). The Labute approximate surface area is 149 Å². The molecule has 2 N–H and O–H groups in total. The van der Waals surface area contributed by atoms with Crippen molar-refractivity contribution >= 4 is 11.6 Å². The summed E-state index contributed by atoms with van der Waals surface area (Å²) in [6.07, 6.45) is -0.609. The first-order valence-electron chi connectivity index (χ1n) is 8.17. The summed E-state index contributed by atoms with van der Waals surface area (Å²) in [6.45, 7) is 3.28. The maximum Gasteiger partial charge on any atom is 0.280 e. The number of fused-ring (bicyclic) bond motifs is 1. The molecule has 26 heavy (non-hydrogen) atoms. The highest BCUT2D eigenvalue weighted by molar-refractivity contribution is 6.07. The first-order valence-corrected chi connectivity index (χ1v) is 8.17. The Balaban J connectivity index is 1.74. The maximum atomic E-state index is 14.0. The monoisotopic (exact) mass is 360 g/mol. The van der Waals surface area contributed by atoms with Crippen molar-refractivity contribution < 1.29 is 23.4 Å². The summed E-state index contributed by atoms with van der Waals surface area (Å²) in [5, 5.41) is 14.0. The fraction of sp³-hybridized carbons (Fsp3) is 0.263. The predicted octanol–water partition coefficient (Wildman–Crippen LogP) is 3.47. The molecule has 1 aliphatic carbocycles. The van der Waals surface area contributed by atoms with Crippen molar-refractivity contribution in [2.75, 3.05) is 0 Å². The van der Waals surface area contributed by atoms with Crippen LogP contribution in [0.15, 0.2) is 41.5 Å². The molecule has 1 amide bonds. The molecule has 2 aromatic rings. The molecule has 7 heteroatoms. The first-order chi connectivity index (χ1) is 12.4. The number of nitrogens with zero attached hydrogens (tertiary/aromatic N) is 1. The van der Waals surface area contributed by atoms with Crippen LogP contribution in [0.1, 0.15) is 37.3 Å². The standard InChI is InChI=1S/C19H18F2N2O3/c1-10-9-14(18-15(24)8-7-13(21)17(10)18)22-23-19(25)11(2)26-16-6-4-3-5-12(16)20/h3-8,10-11,24H,9H2,1-2H3,(H,23,25)/b22-14+/t10-,11+/m0/s1. The minimum absolute atomic E-state index is 0.0395. The largest absolute Gasteiger partial charge is 0.507 e. The zero-order chi connectivity index (χ0) is 18.8. The number of hydrogen-bond acceptors (Lipinski definition) is 4. The molecule has 0 spiro atoms. The Morgan fingerprint density at radius 1 is 1.27 bits per heavy atom. The lowest BCUT2D eigenvalue weighted by atomic mass is 10.0. The van der Waals surface area contributed by atoms with E-state index < -0.39 is 23.6 Å². The minimum atomic E-state index is -0.990. The van der Waals surface area contributed by atoms with E-state index in [1.807, 2.05) is 6.92 Å². The summed E-state index contributed by atoms with van der Waals surface area (Å²) >= 11 is 0. The number of carbonyl (C=O) groups is 1. The summed E-state index contributed by atoms with van der Waals surface area (Å²) < 4.78 is 32.9. The number of halogens is 2. The number of para-hydroxylation sites is 1. The number of nitrogens with one attached hydrogen (secondary N) is 1. The van der Waals surface area contributed by atoms with Gasteiger partial charge in [-0.15, -0.1) is 0 Å². The lowest BCUT2D eigenvalue weighted by Crippen LogP contribution is -2.34. The highest BCUT2D eigenvalue weighted by Crippen LogP contribution is 2.39. The topological polar surface area (TPSA) is 70.9 Å². The van der Waals surface area contributed by atoms with Crippen LogP contribution in [0.2, 0.25) is 0 Å². The van der Waals surface area contributed by atoms with Crippen molar-refractivity contribution in [2.24, 2.45) is 5.10 Å². The highest BCUT2D eigenvalue weighted by Gasteiger charge is 2.31. The molecular formula is C19H18F2N2O3. The van der Waals surface area contributed by atoms with Crippen molar-refractivity contribution in [3.05, 3.63) is 59.2 Å². The van der Waals surface area contributed by atoms with Gasteiger partial charge in [0.1, 0.15) is 11.6 Å². The van der Waals surface area contributed by atoms with Crippen LogP contribution in [0.25, 0.3) is 0 Å². The molecule has 0 saturated carbocycles. The summed E-state index contributed by atoms with van der Waals surface area (Å²) in [6, 6.07) is 8.22. The fourth-order valence-corrected chi connectivity index (χ4v) is 2.96. The van der Waals surface area contributed by atoms with E-state index in [1.54, 1.807) is 6.07 Å². The van der Waals surface area contributed by atoms with Gasteiger partial charge in [-0.05, 0) is 43.5 Å². The van der Waals surface area contributed by atoms with Gasteiger partial charge in [0.05, 0.1) is 5.71 Å². The third-order valence-electron chi connectivity index (χ3n) is 4.26. The van der Waals surface area contributed by atoms with E-state index in [0.29, 0.717) is 23.3 Å². The molecule has 0 aromatic heterocycles. The van der Waals surface area contributed by atoms with Gasteiger partial charge >= 0.3 is 0 Å². The van der Waals surface area contributed by atoms with Gasteiger partial charge in [-0.25, -0.2) is 14.2 Å². The molecule has 0 aliphatic heterocycles. The highest BCUT2D eigenvalue weighted by atomic mass is 19.1. The minimum Gasteiger partial charge on any atom is -0.507 e. The number of hydrogen-bond donors (Lipinski definition) is 2. The number of hydrazone groups is 1. The second-order valence-electron chi connectivity index (χ2n) is 6.19. The molecule has 2 atom stereocenters. The summed E-state index contributed by atoms with van der Waals surface area (Å²) in [7, 11) is 0. The van der Waals surface area contributed by atoms with Crippen molar-refractivity contribution in [1.29, 1.82) is 0 Å². The van der Waals surface area contributed by atoms with Gasteiger partial charge in [-0.1, -0.05) is 19.1 Å². The van der Waals surface area contributed by atoms with E-state index in [9.17, 15) is 18.7 Å². The van der Waals surface area contributed by atoms with E-state index in [4.69, 9.17) is 4.74 Å². The molecule has 0 radical (unpaired) electrons. The third kappa shape index (κ3) is 3.37. The number of ether oxygens (including phenoxy) is 1. The van der Waals surface area contributed by atoms with Crippen LogP contribution >= 0.6 is 0 Å². The van der Waals surface area contributed by atoms with Crippen LogP contribution in [0.4, 0.5) is 8.78 Å². The number of benzene rings is 2. The van der Waals surface area contributed by atoms with Crippen molar-refractivity contribution in [2.45, 2.75) is 32.3 Å². The van der Waals surface area contributed by atoms with Gasteiger partial charge < -0.3 is 9.84 Å². The number of phenolic OH excluding ortho intramolecular Hbond substituents is 1. The Morgan fingerprint density at radius 3 is 2.73 bits per heavy atom. The smallest absolute Gasteiger partial charge is 0.280 e. The Morgan fingerprint density at radius 2 is 2.00 bits per heavy atom. The number of carbonyl (C=O) groups excluding carboxylic acids is 1. The van der Waals surface area contributed by atoms with E-state index in [1.165, 1.54) is 37.3 Å². The van der Waals surface area contributed by atoms with Crippen LogP contribution in [0.3, 0.4) is 0 Å². The Hall–Kier alpha value is -2.96. The normalized spacial score (nSPS) is 18.5. The molecule has 0 saturated heterocycles. The Bertz CT molecular complexity index is 883. The quantitative estimate of drug-likeness (QED) is 0.821. The molecule has 0 unspecified atom stereocenters. The molecule has 136 valence electrons. The van der Waals surface area contributed by atoms with Crippen LogP contribution in [-0.4, -0.2) is 22.8 Å². The van der Waals surface area contributed by atoms with E-state index in [0.717, 1.165) is 0 Å². The second kappa shape index (κ2) is 7.11. The predicted molar refractivity (Wildman–Crippen MR) is 92.3 cm³/mol. The Kier molecular flexibility index (Phi) is 4.88. The average molecular weight is 360 g/mol. The van der Waals surface area contributed by atoms with Gasteiger partial charge in [0.2, 0.25) is 0 Å². The summed E-state index contributed by atoms with van der Waals surface area (Å²) in [4.78, 5) is 12.2. The fourth-order valence-electron chi connectivity index (χ4n) is 2.96. The van der Waals surface area contributed by atoms with Gasteiger partial charge in [0.15, 0.2) is 17.7 Å². The molecule has 0 heterocycles. The molecule has 5 nitrogen and oxygen atoms in total. The number of rotatable bonds is 4. The average Bonchev–Trinajstić information content (AvgIpc) is 2.95. The van der Waals surface area contributed by atoms with E-state index in [2.05, 4.69) is 10.5 Å². The number of aromatic hydroxyl groups is 1. The van der Waals surface area contributed by atoms with Crippen LogP contribution in [0, 0.1) is 11.6 Å². The van der Waals surface area contributed by atoms with Gasteiger partial charge in [0, 0.05) is 11.1 Å². The molecule has 0 fully saturated rings. The number of phenols is 1. The van der Waals surface area contributed by atoms with Crippen LogP contribution in [0.5, 0.6) is 11.5 Å². The van der Waals surface area contributed by atoms with E-state index >= 15 is 0 Å². The maximum absolute atomic E-state index is 14.0. The molecule has 1 aliphatic rings. The van der Waals surface area contributed by atoms with Crippen LogP contribution in [-0.2, 0) is 4.79 Å². The third-order valence-corrected chi connectivity index (χ3v) is 4.26. The van der Waals surface area contributed by atoms with Gasteiger partial charge in [0.25, 0.3) is 5.91 Å². The zero-order valence-electron chi connectivity index (χ0n) is 14.3. The van der Waals surface area contributed by atoms with Crippen LogP contribution < -0.4 is 10.2 Å². The van der Waals surface area contributed by atoms with Crippen molar-refractivity contribution in [3.8, 4) is 11.5 Å². The SMILES string of the molecule is C[C@@H](Oc1ccccc1F)C(=O)N/N=C1\C[C@H](C)c2c(F)ccc(O)c21. The second-order valence-corrected chi connectivity index (χ2v) is 6.19. The van der Waals surface area contributed by atoms with E-state index in [-0.39, 0.29) is 17.4 Å². The molecule has 0 bridgehead atoms. The zero-order valence-corrected chi connectivity index (χ0v) is 14.3. The summed E-state index contributed by atoms with van der Waals surface area (Å²) in [5.74, 6) is -1.87. The van der Waals surface area contributed by atoms with Gasteiger partial charge in [-0.3, -0.25) is 4.79 Å². The molecular weight excluding hydrogens is 342 g/mol. The molecule has 2 aromatic carbocycles. The lowest BCUT2D eigenvalue weighted by molar-refractivity contribution is -0.127. The van der Waals surface area contributed by atoms with Gasteiger partial charge in [-0.2, -0.15) is 5.10 Å². The van der Waals surface area contributed by atoms with Crippen molar-refractivity contribution in [3.63, 3.8) is 0 Å².